The number of nitro groups is 1. The van der Waals surface area contributed by atoms with E-state index in [1.807, 2.05) is 0 Å². The van der Waals surface area contributed by atoms with E-state index < -0.39 is 16.9 Å². The molecular weight excluding hydrogens is 290 g/mol. The number of rotatable bonds is 3. The Kier molecular flexibility index (Phi) is 3.44. The molecule has 0 unspecified atom stereocenters. The third kappa shape index (κ3) is 2.36. The van der Waals surface area contributed by atoms with Gasteiger partial charge in [0.05, 0.1) is 4.92 Å². The average molecular weight is 305 g/mol. The van der Waals surface area contributed by atoms with E-state index in [0.29, 0.717) is 43.5 Å². The van der Waals surface area contributed by atoms with Crippen LogP contribution in [0.3, 0.4) is 0 Å². The first-order valence-electron chi connectivity index (χ1n) is 7.08. The fourth-order valence-electron chi connectivity index (χ4n) is 3.09. The van der Waals surface area contributed by atoms with Crippen LogP contribution in [0.2, 0.25) is 0 Å². The van der Waals surface area contributed by atoms with Gasteiger partial charge in [0.25, 0.3) is 5.69 Å². The smallest absolute Gasteiger partial charge is 0.326 e. The molecular formula is C14H15N3O5. The Morgan fingerprint density at radius 2 is 2.18 bits per heavy atom. The van der Waals surface area contributed by atoms with E-state index in [1.165, 1.54) is 12.1 Å². The standard InChI is InChI=1S/C14H15N3O5/c18-13-4-3-8-6-12(17(21)22)11(7-9(8)15-13)16-5-1-2-10(16)14(19)20/h6-7,10H,1-5H2,(H,15,18)(H,19,20)/t10-/m1/s1. The van der Waals surface area contributed by atoms with Gasteiger partial charge in [-0.05, 0) is 30.9 Å². The highest BCUT2D eigenvalue weighted by Gasteiger charge is 2.35. The monoisotopic (exact) mass is 305 g/mol. The highest BCUT2D eigenvalue weighted by Crippen LogP contribution is 2.39. The van der Waals surface area contributed by atoms with Crippen molar-refractivity contribution in [2.24, 2.45) is 0 Å². The minimum atomic E-state index is -0.992. The molecule has 1 saturated heterocycles. The summed E-state index contributed by atoms with van der Waals surface area (Å²) in [6, 6.07) is 2.21. The maximum absolute atomic E-state index is 11.5. The molecule has 2 heterocycles. The number of nitro benzene ring substituents is 1. The zero-order valence-corrected chi connectivity index (χ0v) is 11.7. The summed E-state index contributed by atoms with van der Waals surface area (Å²) in [6.07, 6.45) is 1.86. The van der Waals surface area contributed by atoms with Crippen molar-refractivity contribution in [2.45, 2.75) is 31.7 Å². The molecule has 0 radical (unpaired) electrons. The van der Waals surface area contributed by atoms with Gasteiger partial charge in [0, 0.05) is 24.7 Å². The first kappa shape index (κ1) is 14.3. The van der Waals surface area contributed by atoms with E-state index >= 15 is 0 Å². The number of nitrogens with zero attached hydrogens (tertiary/aromatic N) is 2. The maximum Gasteiger partial charge on any atom is 0.326 e. The van der Waals surface area contributed by atoms with E-state index in [2.05, 4.69) is 5.32 Å². The maximum atomic E-state index is 11.5. The van der Waals surface area contributed by atoms with Crippen LogP contribution in [-0.4, -0.2) is 34.5 Å². The second-order valence-corrected chi connectivity index (χ2v) is 5.49. The van der Waals surface area contributed by atoms with Crippen molar-refractivity contribution in [1.82, 2.24) is 0 Å². The van der Waals surface area contributed by atoms with Gasteiger partial charge in [-0.2, -0.15) is 0 Å². The Labute approximate surface area is 125 Å². The Morgan fingerprint density at radius 3 is 2.86 bits per heavy atom. The predicted molar refractivity (Wildman–Crippen MR) is 78.1 cm³/mol. The fourth-order valence-corrected chi connectivity index (χ4v) is 3.09. The number of carboxylic acids is 1. The number of nitrogens with one attached hydrogen (secondary N) is 1. The molecule has 0 saturated carbocycles. The van der Waals surface area contributed by atoms with Crippen LogP contribution in [0.15, 0.2) is 12.1 Å². The third-order valence-corrected chi connectivity index (χ3v) is 4.14. The molecule has 22 heavy (non-hydrogen) atoms. The number of benzene rings is 1. The zero-order chi connectivity index (χ0) is 15.9. The summed E-state index contributed by atoms with van der Waals surface area (Å²) in [7, 11) is 0. The van der Waals surface area contributed by atoms with Crippen molar-refractivity contribution in [3.63, 3.8) is 0 Å². The minimum Gasteiger partial charge on any atom is -0.480 e. The molecule has 2 aliphatic rings. The first-order valence-corrected chi connectivity index (χ1v) is 7.08. The van der Waals surface area contributed by atoms with Crippen LogP contribution in [0, 0.1) is 10.1 Å². The molecule has 0 spiro atoms. The van der Waals surface area contributed by atoms with Gasteiger partial charge < -0.3 is 15.3 Å². The molecule has 8 heteroatoms. The number of hydrogen-bond donors (Lipinski definition) is 2. The largest absolute Gasteiger partial charge is 0.480 e. The van der Waals surface area contributed by atoms with Crippen molar-refractivity contribution in [1.29, 1.82) is 0 Å². The zero-order valence-electron chi connectivity index (χ0n) is 11.7. The molecule has 1 aromatic rings. The van der Waals surface area contributed by atoms with Gasteiger partial charge in [0.2, 0.25) is 5.91 Å². The predicted octanol–water partition coefficient (Wildman–Crippen LogP) is 1.53. The Balaban J connectivity index is 2.09. The number of carbonyl (C=O) groups excluding carboxylic acids is 1. The molecule has 8 nitrogen and oxygen atoms in total. The molecule has 0 aromatic heterocycles. The van der Waals surface area contributed by atoms with Crippen molar-refractivity contribution >= 4 is 28.9 Å². The number of fused-ring (bicyclic) bond motifs is 1. The quantitative estimate of drug-likeness (QED) is 0.647. The summed E-state index contributed by atoms with van der Waals surface area (Å²) in [4.78, 5) is 35.2. The molecule has 116 valence electrons. The minimum absolute atomic E-state index is 0.108. The summed E-state index contributed by atoms with van der Waals surface area (Å²) >= 11 is 0. The van der Waals surface area contributed by atoms with Crippen molar-refractivity contribution < 1.29 is 19.6 Å². The van der Waals surface area contributed by atoms with Crippen molar-refractivity contribution in [2.75, 3.05) is 16.8 Å². The second kappa shape index (κ2) is 5.28. The summed E-state index contributed by atoms with van der Waals surface area (Å²) < 4.78 is 0. The summed E-state index contributed by atoms with van der Waals surface area (Å²) in [5.74, 6) is -1.13. The summed E-state index contributed by atoms with van der Waals surface area (Å²) in [5.41, 5.74) is 1.40. The topological polar surface area (TPSA) is 113 Å². The van der Waals surface area contributed by atoms with E-state index in [4.69, 9.17) is 0 Å². The average Bonchev–Trinajstić information content (AvgIpc) is 2.95. The Bertz CT molecular complexity index is 673. The molecule has 3 rings (SSSR count). The van der Waals surface area contributed by atoms with Gasteiger partial charge in [-0.1, -0.05) is 0 Å². The fraction of sp³-hybridized carbons (Fsp3) is 0.429. The van der Waals surface area contributed by atoms with Crippen LogP contribution < -0.4 is 10.2 Å². The Hall–Kier alpha value is -2.64. The van der Waals surface area contributed by atoms with Crippen molar-refractivity contribution in [3.8, 4) is 0 Å². The van der Waals surface area contributed by atoms with Gasteiger partial charge in [0.15, 0.2) is 0 Å². The van der Waals surface area contributed by atoms with Gasteiger partial charge in [0.1, 0.15) is 11.7 Å². The molecule has 0 bridgehead atoms. The van der Waals surface area contributed by atoms with E-state index in [0.717, 1.165) is 0 Å². The highest BCUT2D eigenvalue weighted by molar-refractivity contribution is 5.95. The molecule has 2 aliphatic heterocycles. The first-order chi connectivity index (χ1) is 10.5. The van der Waals surface area contributed by atoms with Crippen LogP contribution in [0.4, 0.5) is 17.1 Å². The number of aryl methyl sites for hydroxylation is 1. The number of anilines is 2. The summed E-state index contributed by atoms with van der Waals surface area (Å²) in [5, 5.41) is 23.3. The lowest BCUT2D eigenvalue weighted by atomic mass is 10.0. The lowest BCUT2D eigenvalue weighted by Crippen LogP contribution is -2.36. The van der Waals surface area contributed by atoms with Gasteiger partial charge in [-0.15, -0.1) is 0 Å². The number of hydrogen-bond acceptors (Lipinski definition) is 5. The number of amides is 1. The SMILES string of the molecule is O=C1CCc2cc([N+](=O)[O-])c(N3CCC[C@@H]3C(=O)O)cc2N1. The van der Waals surface area contributed by atoms with Crippen LogP contribution >= 0.6 is 0 Å². The lowest BCUT2D eigenvalue weighted by molar-refractivity contribution is -0.384. The van der Waals surface area contributed by atoms with Crippen LogP contribution in [0.25, 0.3) is 0 Å². The van der Waals surface area contributed by atoms with Crippen molar-refractivity contribution in [3.05, 3.63) is 27.8 Å². The molecule has 1 aromatic carbocycles. The number of aliphatic carboxylic acids is 1. The van der Waals surface area contributed by atoms with Gasteiger partial charge >= 0.3 is 5.97 Å². The lowest BCUT2D eigenvalue weighted by Gasteiger charge is -2.26. The number of carboxylic acid groups (broad SMARTS) is 1. The van der Waals surface area contributed by atoms with Crippen LogP contribution in [0.5, 0.6) is 0 Å². The summed E-state index contributed by atoms with van der Waals surface area (Å²) in [6.45, 7) is 0.449. The second-order valence-electron chi connectivity index (χ2n) is 5.49. The van der Waals surface area contributed by atoms with Crippen LogP contribution in [-0.2, 0) is 16.0 Å². The molecule has 1 amide bonds. The van der Waals surface area contributed by atoms with E-state index in [1.54, 1.807) is 4.90 Å². The van der Waals surface area contributed by atoms with Gasteiger partial charge in [-0.25, -0.2) is 4.79 Å². The molecule has 1 fully saturated rings. The molecule has 2 N–H and O–H groups in total. The third-order valence-electron chi connectivity index (χ3n) is 4.14. The molecule has 1 atom stereocenters. The van der Waals surface area contributed by atoms with Gasteiger partial charge in [-0.3, -0.25) is 14.9 Å². The Morgan fingerprint density at radius 1 is 1.41 bits per heavy atom. The van der Waals surface area contributed by atoms with E-state index in [-0.39, 0.29) is 17.3 Å². The van der Waals surface area contributed by atoms with Crippen LogP contribution in [0.1, 0.15) is 24.8 Å². The number of carbonyl (C=O) groups is 2. The van der Waals surface area contributed by atoms with E-state index in [9.17, 15) is 24.8 Å². The highest BCUT2D eigenvalue weighted by atomic mass is 16.6. The molecule has 0 aliphatic carbocycles. The normalized spacial score (nSPS) is 20.5.